The number of aryl methyl sites for hydroxylation is 1. The maximum atomic E-state index is 5.82. The predicted octanol–water partition coefficient (Wildman–Crippen LogP) is 3.12. The molecule has 3 heteroatoms. The first-order valence-electron chi connectivity index (χ1n) is 5.55. The fourth-order valence-corrected chi connectivity index (χ4v) is 1.98. The first-order chi connectivity index (χ1) is 8.24. The van der Waals surface area contributed by atoms with E-state index < -0.39 is 0 Å². The maximum Gasteiger partial charge on any atom is 0.138 e. The highest BCUT2D eigenvalue weighted by atomic mass is 14.9. The van der Waals surface area contributed by atoms with Gasteiger partial charge in [0.1, 0.15) is 5.82 Å². The third-order valence-corrected chi connectivity index (χ3v) is 2.91. The van der Waals surface area contributed by atoms with Crippen LogP contribution in [0.1, 0.15) is 5.56 Å². The molecular weight excluding hydrogens is 210 g/mol. The highest BCUT2D eigenvalue weighted by molar-refractivity contribution is 5.80. The average Bonchev–Trinajstić information content (AvgIpc) is 2.75. The first kappa shape index (κ1) is 9.90. The Hall–Kier alpha value is -2.29. The van der Waals surface area contributed by atoms with Gasteiger partial charge in [0.25, 0.3) is 0 Å². The Bertz CT molecular complexity index is 650. The van der Waals surface area contributed by atoms with Gasteiger partial charge < -0.3 is 10.7 Å². The molecule has 0 unspecified atom stereocenters. The van der Waals surface area contributed by atoms with Gasteiger partial charge in [-0.25, -0.2) is 4.98 Å². The van der Waals surface area contributed by atoms with Crippen LogP contribution in [0.4, 0.5) is 5.69 Å². The van der Waals surface area contributed by atoms with E-state index in [1.165, 1.54) is 5.56 Å². The molecule has 0 aliphatic carbocycles. The number of imidazole rings is 1. The number of benzene rings is 2. The first-order valence-corrected chi connectivity index (χ1v) is 5.55. The van der Waals surface area contributed by atoms with Crippen molar-refractivity contribution in [1.29, 1.82) is 0 Å². The van der Waals surface area contributed by atoms with E-state index in [1.807, 2.05) is 42.5 Å². The number of hydrogen-bond acceptors (Lipinski definition) is 2. The van der Waals surface area contributed by atoms with Gasteiger partial charge in [-0.1, -0.05) is 18.2 Å². The zero-order valence-electron chi connectivity index (χ0n) is 9.57. The fraction of sp³-hybridized carbons (Fsp3) is 0.0714. The summed E-state index contributed by atoms with van der Waals surface area (Å²) in [6.45, 7) is 2.06. The lowest BCUT2D eigenvalue weighted by Gasteiger charge is -2.03. The van der Waals surface area contributed by atoms with Crippen LogP contribution < -0.4 is 5.73 Å². The van der Waals surface area contributed by atoms with Crippen molar-refractivity contribution in [3.63, 3.8) is 0 Å². The molecule has 17 heavy (non-hydrogen) atoms. The van der Waals surface area contributed by atoms with Crippen molar-refractivity contribution in [2.75, 3.05) is 5.73 Å². The standard InChI is InChI=1S/C14H13N3/c1-9-6-7-10(15)8-11(9)14-16-12-4-2-3-5-13(12)17-14/h2-8H,15H2,1H3,(H,16,17). The molecule has 1 aromatic heterocycles. The Morgan fingerprint density at radius 2 is 1.94 bits per heavy atom. The fourth-order valence-electron chi connectivity index (χ4n) is 1.98. The van der Waals surface area contributed by atoms with E-state index in [2.05, 4.69) is 16.9 Å². The number of aromatic amines is 1. The second-order valence-electron chi connectivity index (χ2n) is 4.18. The van der Waals surface area contributed by atoms with Gasteiger partial charge in [-0.05, 0) is 36.8 Å². The molecule has 0 saturated carbocycles. The molecule has 0 fully saturated rings. The lowest BCUT2D eigenvalue weighted by molar-refractivity contribution is 1.31. The molecule has 0 atom stereocenters. The van der Waals surface area contributed by atoms with E-state index >= 15 is 0 Å². The topological polar surface area (TPSA) is 54.7 Å². The van der Waals surface area contributed by atoms with E-state index in [0.29, 0.717) is 0 Å². The summed E-state index contributed by atoms with van der Waals surface area (Å²) in [7, 11) is 0. The minimum atomic E-state index is 0.756. The number of nitrogens with zero attached hydrogens (tertiary/aromatic N) is 1. The number of fused-ring (bicyclic) bond motifs is 1. The van der Waals surface area contributed by atoms with Crippen LogP contribution >= 0.6 is 0 Å². The highest BCUT2D eigenvalue weighted by Gasteiger charge is 2.07. The summed E-state index contributed by atoms with van der Waals surface area (Å²) in [6, 6.07) is 13.9. The molecule has 3 nitrogen and oxygen atoms in total. The Labute approximate surface area is 99.3 Å². The zero-order chi connectivity index (χ0) is 11.8. The van der Waals surface area contributed by atoms with Crippen molar-refractivity contribution >= 4 is 16.7 Å². The van der Waals surface area contributed by atoms with Crippen LogP contribution in [0.15, 0.2) is 42.5 Å². The molecule has 0 aliphatic rings. The highest BCUT2D eigenvalue weighted by Crippen LogP contribution is 2.25. The number of anilines is 1. The molecule has 3 aromatic rings. The lowest BCUT2D eigenvalue weighted by atomic mass is 10.1. The molecule has 0 spiro atoms. The van der Waals surface area contributed by atoms with E-state index in [4.69, 9.17) is 5.73 Å². The number of aromatic nitrogens is 2. The Kier molecular flexibility index (Phi) is 2.11. The van der Waals surface area contributed by atoms with Crippen LogP contribution in [-0.4, -0.2) is 9.97 Å². The molecule has 84 valence electrons. The van der Waals surface area contributed by atoms with Gasteiger partial charge in [0.05, 0.1) is 11.0 Å². The zero-order valence-corrected chi connectivity index (χ0v) is 9.57. The SMILES string of the molecule is Cc1ccc(N)cc1-c1nc2ccccc2[nH]1. The second kappa shape index (κ2) is 3.63. The molecule has 3 rings (SSSR count). The summed E-state index contributed by atoms with van der Waals surface area (Å²) in [4.78, 5) is 7.89. The van der Waals surface area contributed by atoms with Crippen molar-refractivity contribution < 1.29 is 0 Å². The Morgan fingerprint density at radius 3 is 2.76 bits per heavy atom. The summed E-state index contributed by atoms with van der Waals surface area (Å²) in [5.74, 6) is 0.871. The molecule has 2 aromatic carbocycles. The van der Waals surface area contributed by atoms with Gasteiger partial charge in [0.2, 0.25) is 0 Å². The van der Waals surface area contributed by atoms with Crippen molar-refractivity contribution in [2.24, 2.45) is 0 Å². The van der Waals surface area contributed by atoms with Crippen LogP contribution in [0.3, 0.4) is 0 Å². The van der Waals surface area contributed by atoms with Crippen LogP contribution in [0.25, 0.3) is 22.4 Å². The van der Waals surface area contributed by atoms with E-state index in [-0.39, 0.29) is 0 Å². The van der Waals surface area contributed by atoms with Crippen LogP contribution in [-0.2, 0) is 0 Å². The second-order valence-corrected chi connectivity index (χ2v) is 4.18. The lowest BCUT2D eigenvalue weighted by Crippen LogP contribution is -1.89. The number of H-pyrrole nitrogens is 1. The minimum Gasteiger partial charge on any atom is -0.399 e. The van der Waals surface area contributed by atoms with Crippen molar-refractivity contribution in [2.45, 2.75) is 6.92 Å². The molecule has 3 N–H and O–H groups in total. The van der Waals surface area contributed by atoms with Crippen molar-refractivity contribution in [3.8, 4) is 11.4 Å². The van der Waals surface area contributed by atoms with Crippen LogP contribution in [0, 0.1) is 6.92 Å². The summed E-state index contributed by atoms with van der Waals surface area (Å²) < 4.78 is 0. The maximum absolute atomic E-state index is 5.82. The summed E-state index contributed by atoms with van der Waals surface area (Å²) >= 11 is 0. The molecule has 0 bridgehead atoms. The van der Waals surface area contributed by atoms with E-state index in [0.717, 1.165) is 28.1 Å². The molecule has 1 heterocycles. The van der Waals surface area contributed by atoms with E-state index in [1.54, 1.807) is 0 Å². The van der Waals surface area contributed by atoms with Gasteiger partial charge in [-0.2, -0.15) is 0 Å². The van der Waals surface area contributed by atoms with Gasteiger partial charge in [-0.3, -0.25) is 0 Å². The van der Waals surface area contributed by atoms with Gasteiger partial charge in [0.15, 0.2) is 0 Å². The third-order valence-electron chi connectivity index (χ3n) is 2.91. The summed E-state index contributed by atoms with van der Waals surface area (Å²) in [5.41, 5.74) is 10.8. The van der Waals surface area contributed by atoms with Gasteiger partial charge in [0, 0.05) is 11.3 Å². The van der Waals surface area contributed by atoms with Crippen LogP contribution in [0.2, 0.25) is 0 Å². The monoisotopic (exact) mass is 223 g/mol. The van der Waals surface area contributed by atoms with Crippen LogP contribution in [0.5, 0.6) is 0 Å². The normalized spacial score (nSPS) is 10.9. The quantitative estimate of drug-likeness (QED) is 0.623. The van der Waals surface area contributed by atoms with Gasteiger partial charge in [-0.15, -0.1) is 0 Å². The largest absolute Gasteiger partial charge is 0.399 e. The smallest absolute Gasteiger partial charge is 0.138 e. The number of rotatable bonds is 1. The number of nitrogen functional groups attached to an aromatic ring is 1. The predicted molar refractivity (Wildman–Crippen MR) is 70.7 cm³/mol. The average molecular weight is 223 g/mol. The van der Waals surface area contributed by atoms with E-state index in [9.17, 15) is 0 Å². The Balaban J connectivity index is 2.23. The minimum absolute atomic E-state index is 0.756. The van der Waals surface area contributed by atoms with Crippen molar-refractivity contribution in [3.05, 3.63) is 48.0 Å². The molecule has 0 radical (unpaired) electrons. The molecule has 0 saturated heterocycles. The number of nitrogens with one attached hydrogen (secondary N) is 1. The third kappa shape index (κ3) is 1.65. The Morgan fingerprint density at radius 1 is 1.12 bits per heavy atom. The number of para-hydroxylation sites is 2. The van der Waals surface area contributed by atoms with Gasteiger partial charge >= 0.3 is 0 Å². The summed E-state index contributed by atoms with van der Waals surface area (Å²) in [5, 5.41) is 0. The number of nitrogens with two attached hydrogens (primary N) is 1. The van der Waals surface area contributed by atoms with Crippen molar-refractivity contribution in [1.82, 2.24) is 9.97 Å². The molecule has 0 amide bonds. The molecule has 0 aliphatic heterocycles. The molecular formula is C14H13N3. The number of hydrogen-bond donors (Lipinski definition) is 2. The summed E-state index contributed by atoms with van der Waals surface area (Å²) in [6.07, 6.45) is 0.